The number of carbonyl (C=O) groups is 1. The van der Waals surface area contributed by atoms with Crippen molar-refractivity contribution < 1.29 is 39.5 Å². The van der Waals surface area contributed by atoms with E-state index in [9.17, 15) is 9.90 Å². The number of hydrogen-bond acceptors (Lipinski definition) is 2. The monoisotopic (exact) mass is 324 g/mol. The molecule has 2 nitrogen and oxygen atoms in total. The largest absolute Gasteiger partial charge is 1.00 e. The van der Waals surface area contributed by atoms with Gasteiger partial charge in [-0.25, -0.2) is 0 Å². The van der Waals surface area contributed by atoms with Crippen LogP contribution < -0.4 is 34.7 Å². The van der Waals surface area contributed by atoms with E-state index in [0.29, 0.717) is 5.92 Å². The fourth-order valence-corrected chi connectivity index (χ4v) is 5.02. The van der Waals surface area contributed by atoms with Crippen molar-refractivity contribution in [2.75, 3.05) is 0 Å². The molecule has 0 aromatic rings. The van der Waals surface area contributed by atoms with Crippen LogP contribution in [0.15, 0.2) is 36.5 Å². The van der Waals surface area contributed by atoms with Gasteiger partial charge in [-0.1, -0.05) is 56.7 Å². The number of aliphatic carboxylic acids is 1. The summed E-state index contributed by atoms with van der Waals surface area (Å²) in [6.45, 7) is 14.4. The summed E-state index contributed by atoms with van der Waals surface area (Å²) in [7, 11) is 0. The zero-order valence-corrected chi connectivity index (χ0v) is 17.3. The number of carboxylic acid groups (broad SMARTS) is 1. The van der Waals surface area contributed by atoms with E-state index in [4.69, 9.17) is 0 Å². The molecule has 0 amide bonds. The number of carbonyl (C=O) groups excluding carboxylic acids is 1. The van der Waals surface area contributed by atoms with Gasteiger partial charge in [0.1, 0.15) is 0 Å². The molecule has 0 N–H and O–H groups in total. The summed E-state index contributed by atoms with van der Waals surface area (Å²) >= 11 is 0. The molecule has 0 bridgehead atoms. The van der Waals surface area contributed by atoms with E-state index in [0.717, 1.165) is 38.5 Å². The zero-order chi connectivity index (χ0) is 16.5. The van der Waals surface area contributed by atoms with E-state index < -0.39 is 11.4 Å². The van der Waals surface area contributed by atoms with Crippen LogP contribution in [-0.4, -0.2) is 5.97 Å². The van der Waals surface area contributed by atoms with E-state index in [1.807, 2.05) is 13.0 Å². The van der Waals surface area contributed by atoms with Crippen LogP contribution in [0.5, 0.6) is 0 Å². The van der Waals surface area contributed by atoms with Gasteiger partial charge in [-0.15, -0.1) is 0 Å². The third-order valence-electron chi connectivity index (χ3n) is 6.48. The number of allylic oxidation sites excluding steroid dienone is 4. The van der Waals surface area contributed by atoms with Crippen LogP contribution in [0, 0.1) is 22.7 Å². The molecule has 0 spiro atoms. The molecule has 3 heteroatoms. The topological polar surface area (TPSA) is 40.1 Å². The first kappa shape index (κ1) is 20.7. The maximum Gasteiger partial charge on any atom is 1.00 e. The Balaban J connectivity index is 0.00000264. The fourth-order valence-electron chi connectivity index (χ4n) is 5.02. The molecular formula is C20H29NaO2. The first-order valence-corrected chi connectivity index (χ1v) is 8.44. The Labute approximate surface area is 163 Å². The molecule has 0 heterocycles. The number of carboxylic acids is 1. The molecule has 23 heavy (non-hydrogen) atoms. The van der Waals surface area contributed by atoms with Gasteiger partial charge in [0.2, 0.25) is 0 Å². The van der Waals surface area contributed by atoms with E-state index >= 15 is 0 Å². The van der Waals surface area contributed by atoms with Gasteiger partial charge >= 0.3 is 29.6 Å². The van der Waals surface area contributed by atoms with Crippen molar-refractivity contribution in [2.45, 2.75) is 59.3 Å². The summed E-state index contributed by atoms with van der Waals surface area (Å²) in [6, 6.07) is 0. The minimum Gasteiger partial charge on any atom is -0.550 e. The number of rotatable bonds is 4. The quantitative estimate of drug-likeness (QED) is 0.440. The average molecular weight is 324 g/mol. The minimum atomic E-state index is -0.868. The maximum absolute atomic E-state index is 11.8. The smallest absolute Gasteiger partial charge is 0.550 e. The summed E-state index contributed by atoms with van der Waals surface area (Å²) < 4.78 is 0. The van der Waals surface area contributed by atoms with E-state index in [-0.39, 0.29) is 40.9 Å². The van der Waals surface area contributed by atoms with Crippen molar-refractivity contribution >= 4 is 5.97 Å². The fraction of sp³-hybridized carbons (Fsp3) is 0.650. The van der Waals surface area contributed by atoms with Crippen molar-refractivity contribution in [3.05, 3.63) is 36.5 Å². The SMILES string of the molecule is C=C/C(C)=C\C[C@H]1C(=C)CC[C@@H]2[C@]1(C)CCC[C@]2(C)C(=O)[O-].[Na+]. The summed E-state index contributed by atoms with van der Waals surface area (Å²) in [4.78, 5) is 11.8. The molecule has 0 aliphatic heterocycles. The van der Waals surface area contributed by atoms with E-state index in [1.54, 1.807) is 0 Å². The molecule has 2 saturated carbocycles. The average Bonchev–Trinajstić information content (AvgIpc) is 2.45. The molecule has 0 aromatic heterocycles. The predicted molar refractivity (Wildman–Crippen MR) is 89.0 cm³/mol. The van der Waals surface area contributed by atoms with Gasteiger partial charge in [0.15, 0.2) is 0 Å². The first-order valence-electron chi connectivity index (χ1n) is 8.44. The summed E-state index contributed by atoms with van der Waals surface area (Å²) in [5, 5.41) is 11.8. The van der Waals surface area contributed by atoms with Crippen molar-refractivity contribution in [3.8, 4) is 0 Å². The third kappa shape index (κ3) is 3.70. The number of hydrogen-bond donors (Lipinski definition) is 0. The second-order valence-corrected chi connectivity index (χ2v) is 7.75. The first-order chi connectivity index (χ1) is 10.3. The van der Waals surface area contributed by atoms with Crippen LogP contribution in [0.1, 0.15) is 59.3 Å². The van der Waals surface area contributed by atoms with Crippen LogP contribution in [0.4, 0.5) is 0 Å². The van der Waals surface area contributed by atoms with Gasteiger partial charge in [-0.2, -0.15) is 0 Å². The van der Waals surface area contributed by atoms with Crippen molar-refractivity contribution in [3.63, 3.8) is 0 Å². The van der Waals surface area contributed by atoms with Gasteiger partial charge in [-0.05, 0) is 56.3 Å². The molecule has 0 saturated heterocycles. The Kier molecular flexibility index (Phi) is 6.96. The summed E-state index contributed by atoms with van der Waals surface area (Å²) in [5.74, 6) is -0.320. The molecular weight excluding hydrogens is 295 g/mol. The maximum atomic E-state index is 11.8. The molecule has 2 aliphatic carbocycles. The molecule has 122 valence electrons. The van der Waals surface area contributed by atoms with Crippen LogP contribution in [0.2, 0.25) is 0 Å². The second-order valence-electron chi connectivity index (χ2n) is 7.75. The predicted octanol–water partition coefficient (Wildman–Crippen LogP) is 1.04. The van der Waals surface area contributed by atoms with Crippen LogP contribution in [0.3, 0.4) is 0 Å². The van der Waals surface area contributed by atoms with Crippen LogP contribution in [0.25, 0.3) is 0 Å². The van der Waals surface area contributed by atoms with E-state index in [1.165, 1.54) is 11.1 Å². The Morgan fingerprint density at radius 1 is 1.39 bits per heavy atom. The zero-order valence-electron chi connectivity index (χ0n) is 15.3. The van der Waals surface area contributed by atoms with Gasteiger partial charge in [0.25, 0.3) is 0 Å². The van der Waals surface area contributed by atoms with Gasteiger partial charge in [0.05, 0.1) is 0 Å². The van der Waals surface area contributed by atoms with Gasteiger partial charge in [0, 0.05) is 11.4 Å². The standard InChI is InChI=1S/C20H30O2.Na/c1-6-14(2)8-10-16-15(3)9-11-17-19(16,4)12-7-13-20(17,5)18(21)22;/h6,8,16-17H,1,3,7,9-13H2,2,4-5H3,(H,21,22);/q;+1/p-1/b14-8-;/t16-,17+,19+,20-;/m0./s1. The Bertz CT molecular complexity index is 522. The Hall–Kier alpha value is -0.310. The Morgan fingerprint density at radius 2 is 2.04 bits per heavy atom. The van der Waals surface area contributed by atoms with Crippen molar-refractivity contribution in [1.29, 1.82) is 0 Å². The molecule has 2 rings (SSSR count). The molecule has 0 unspecified atom stereocenters. The second kappa shape index (κ2) is 7.72. The van der Waals surface area contributed by atoms with Crippen LogP contribution >= 0.6 is 0 Å². The van der Waals surface area contributed by atoms with Gasteiger partial charge in [-0.3, -0.25) is 0 Å². The molecule has 4 atom stereocenters. The van der Waals surface area contributed by atoms with Gasteiger partial charge < -0.3 is 9.90 Å². The molecule has 0 radical (unpaired) electrons. The molecule has 2 aliphatic rings. The normalized spacial score (nSPS) is 37.5. The van der Waals surface area contributed by atoms with Crippen LogP contribution in [-0.2, 0) is 4.79 Å². The molecule has 0 aromatic carbocycles. The molecule has 2 fully saturated rings. The van der Waals surface area contributed by atoms with Crippen molar-refractivity contribution in [2.24, 2.45) is 22.7 Å². The Morgan fingerprint density at radius 3 is 2.61 bits per heavy atom. The minimum absolute atomic E-state index is 0. The van der Waals surface area contributed by atoms with Crippen molar-refractivity contribution in [1.82, 2.24) is 0 Å². The van der Waals surface area contributed by atoms with E-state index in [2.05, 4.69) is 33.1 Å². The number of fused-ring (bicyclic) bond motifs is 1. The summed E-state index contributed by atoms with van der Waals surface area (Å²) in [6.07, 6.45) is 9.70. The summed E-state index contributed by atoms with van der Waals surface area (Å²) in [5.41, 5.74) is 1.79. The third-order valence-corrected chi connectivity index (χ3v) is 6.48.